The number of quaternary nitrogens is 1. The van der Waals surface area contributed by atoms with E-state index in [1.807, 2.05) is 46.3 Å². The molecule has 0 amide bonds. The van der Waals surface area contributed by atoms with E-state index in [-0.39, 0.29) is 17.6 Å². The van der Waals surface area contributed by atoms with Gasteiger partial charge in [0.05, 0.1) is 48.9 Å². The Morgan fingerprint density at radius 3 is 2.74 bits per heavy atom. The van der Waals surface area contributed by atoms with Gasteiger partial charge in [0.25, 0.3) is 0 Å². The molecule has 0 fully saturated rings. The SMILES string of the molecule is CC(C)Oc1cc2c(cc1Nc1ncnc(N)c1C(=N)c1cccnc1)C=N[N+]2(C)C. The fourth-order valence-corrected chi connectivity index (χ4v) is 3.40. The van der Waals surface area contributed by atoms with Gasteiger partial charge in [-0.3, -0.25) is 10.4 Å². The molecule has 4 N–H and O–H groups in total. The smallest absolute Gasteiger partial charge is 0.171 e. The molecule has 9 nitrogen and oxygen atoms in total. The summed E-state index contributed by atoms with van der Waals surface area (Å²) in [6.07, 6.45) is 6.45. The maximum atomic E-state index is 8.66. The van der Waals surface area contributed by atoms with Crippen molar-refractivity contribution in [2.24, 2.45) is 5.10 Å². The van der Waals surface area contributed by atoms with Crippen molar-refractivity contribution < 1.29 is 4.74 Å². The van der Waals surface area contributed by atoms with Gasteiger partial charge in [0.15, 0.2) is 5.69 Å². The maximum Gasteiger partial charge on any atom is 0.171 e. The third-order valence-corrected chi connectivity index (χ3v) is 4.90. The van der Waals surface area contributed by atoms with E-state index in [0.29, 0.717) is 33.0 Å². The van der Waals surface area contributed by atoms with Crippen molar-refractivity contribution in [1.82, 2.24) is 19.5 Å². The normalized spacial score (nSPS) is 13.8. The van der Waals surface area contributed by atoms with Crippen molar-refractivity contribution in [3.63, 3.8) is 0 Å². The molecule has 3 heterocycles. The number of nitrogens with one attached hydrogen (secondary N) is 2. The van der Waals surface area contributed by atoms with Crippen LogP contribution in [0.1, 0.15) is 30.5 Å². The first kappa shape index (κ1) is 20.4. The molecule has 1 aliphatic heterocycles. The molecule has 3 aromatic rings. The number of rotatable bonds is 6. The minimum absolute atomic E-state index is 0.0276. The topological polar surface area (TPSA) is 122 Å². The number of fused-ring (bicyclic) bond motifs is 1. The molecule has 4 rings (SSSR count). The van der Waals surface area contributed by atoms with Crippen LogP contribution in [0.15, 0.2) is 48.1 Å². The zero-order chi connectivity index (χ0) is 22.2. The lowest BCUT2D eigenvalue weighted by molar-refractivity contribution is 0.243. The summed E-state index contributed by atoms with van der Waals surface area (Å²) in [5.74, 6) is 1.29. The number of aromatic nitrogens is 3. The average Bonchev–Trinajstić information content (AvgIpc) is 3.02. The number of nitrogens with two attached hydrogens (primary N) is 1. The number of anilines is 3. The van der Waals surface area contributed by atoms with Gasteiger partial charge in [-0.05, 0) is 32.0 Å². The van der Waals surface area contributed by atoms with Crippen LogP contribution in [0, 0.1) is 5.41 Å². The molecule has 1 aliphatic rings. The Balaban J connectivity index is 1.79. The second-order valence-electron chi connectivity index (χ2n) is 7.94. The van der Waals surface area contributed by atoms with Crippen molar-refractivity contribution in [2.45, 2.75) is 20.0 Å². The highest BCUT2D eigenvalue weighted by molar-refractivity contribution is 6.16. The molecule has 31 heavy (non-hydrogen) atoms. The molecule has 0 radical (unpaired) electrons. The van der Waals surface area contributed by atoms with Crippen LogP contribution < -0.4 is 20.4 Å². The molecule has 0 unspecified atom stereocenters. The van der Waals surface area contributed by atoms with E-state index in [1.165, 1.54) is 6.33 Å². The number of benzene rings is 1. The van der Waals surface area contributed by atoms with Gasteiger partial charge in [0, 0.05) is 24.0 Å². The minimum Gasteiger partial charge on any atom is -0.489 e. The highest BCUT2D eigenvalue weighted by atomic mass is 16.5. The van der Waals surface area contributed by atoms with Gasteiger partial charge in [-0.1, -0.05) is 5.10 Å². The highest BCUT2D eigenvalue weighted by Gasteiger charge is 2.30. The fraction of sp³-hybridized carbons (Fsp3) is 0.227. The van der Waals surface area contributed by atoms with Crippen molar-refractivity contribution in [3.8, 4) is 5.75 Å². The summed E-state index contributed by atoms with van der Waals surface area (Å²) < 4.78 is 6.48. The van der Waals surface area contributed by atoms with E-state index in [0.717, 1.165) is 11.3 Å². The van der Waals surface area contributed by atoms with Crippen LogP contribution in [-0.4, -0.2) is 47.1 Å². The molecule has 0 atom stereocenters. The Kier molecular flexibility index (Phi) is 5.12. The van der Waals surface area contributed by atoms with Crippen LogP contribution in [0.5, 0.6) is 5.75 Å². The Hall–Kier alpha value is -3.85. The van der Waals surface area contributed by atoms with Gasteiger partial charge in [-0.2, -0.15) is 4.59 Å². The van der Waals surface area contributed by atoms with Crippen LogP contribution in [0.25, 0.3) is 0 Å². The molecule has 0 aliphatic carbocycles. The minimum atomic E-state index is -0.0276. The Labute approximate surface area is 180 Å². The molecule has 158 valence electrons. The summed E-state index contributed by atoms with van der Waals surface area (Å²) in [6.45, 7) is 3.94. The van der Waals surface area contributed by atoms with Gasteiger partial charge >= 0.3 is 0 Å². The van der Waals surface area contributed by atoms with Gasteiger partial charge < -0.3 is 15.8 Å². The van der Waals surface area contributed by atoms with Gasteiger partial charge in [-0.15, -0.1) is 0 Å². The van der Waals surface area contributed by atoms with Crippen molar-refractivity contribution in [3.05, 3.63) is 59.7 Å². The Morgan fingerprint density at radius 1 is 1.23 bits per heavy atom. The van der Waals surface area contributed by atoms with Gasteiger partial charge in [0.2, 0.25) is 0 Å². The van der Waals surface area contributed by atoms with Crippen molar-refractivity contribution >= 4 is 34.9 Å². The monoisotopic (exact) mass is 417 g/mol. The highest BCUT2D eigenvalue weighted by Crippen LogP contribution is 2.40. The zero-order valence-electron chi connectivity index (χ0n) is 17.9. The average molecular weight is 417 g/mol. The molecular formula is C22H25N8O+. The van der Waals surface area contributed by atoms with Crippen molar-refractivity contribution in [2.75, 3.05) is 25.1 Å². The lowest BCUT2D eigenvalue weighted by Gasteiger charge is -2.22. The molecule has 2 aromatic heterocycles. The first-order valence-electron chi connectivity index (χ1n) is 9.88. The molecule has 0 saturated heterocycles. The molecule has 0 saturated carbocycles. The summed E-state index contributed by atoms with van der Waals surface area (Å²) >= 11 is 0. The summed E-state index contributed by atoms with van der Waals surface area (Å²) in [6, 6.07) is 7.52. The maximum absolute atomic E-state index is 8.66. The van der Waals surface area contributed by atoms with Gasteiger partial charge in [-0.25, -0.2) is 9.97 Å². The van der Waals surface area contributed by atoms with Gasteiger partial charge in [0.1, 0.15) is 23.7 Å². The zero-order valence-corrected chi connectivity index (χ0v) is 17.9. The second-order valence-corrected chi connectivity index (χ2v) is 7.94. The largest absolute Gasteiger partial charge is 0.489 e. The van der Waals surface area contributed by atoms with Crippen LogP contribution in [0.4, 0.5) is 23.0 Å². The number of hydrogen-bond donors (Lipinski definition) is 3. The quantitative estimate of drug-likeness (QED) is 0.418. The van der Waals surface area contributed by atoms with E-state index < -0.39 is 0 Å². The number of hydrogen-bond acceptors (Lipinski definition) is 8. The van der Waals surface area contributed by atoms with Crippen LogP contribution >= 0.6 is 0 Å². The second kappa shape index (κ2) is 7.77. The first-order valence-corrected chi connectivity index (χ1v) is 9.88. The van der Waals surface area contributed by atoms with Crippen LogP contribution in [0.3, 0.4) is 0 Å². The molecular weight excluding hydrogens is 392 g/mol. The van der Waals surface area contributed by atoms with Crippen LogP contribution in [0.2, 0.25) is 0 Å². The van der Waals surface area contributed by atoms with E-state index in [1.54, 1.807) is 24.5 Å². The molecule has 1 aromatic carbocycles. The third-order valence-electron chi connectivity index (χ3n) is 4.90. The van der Waals surface area contributed by atoms with E-state index in [4.69, 9.17) is 15.9 Å². The predicted molar refractivity (Wildman–Crippen MR) is 123 cm³/mol. The predicted octanol–water partition coefficient (Wildman–Crippen LogP) is 3.32. The number of nitrogen functional groups attached to an aromatic ring is 1. The third kappa shape index (κ3) is 3.95. The standard InChI is InChI=1S/C22H25N8O/c1-13(2)31-18-9-17-15(11-28-30(17,3)4)8-16(18)29-22-19(21(24)26-12-27-22)20(23)14-6-5-7-25-10-14/h5-13,23H,1-4H3,(H3,24,26,27,29)/q+1. The number of nitrogens with zero attached hydrogens (tertiary/aromatic N) is 5. The summed E-state index contributed by atoms with van der Waals surface area (Å²) in [7, 11) is 4.01. The number of ether oxygens (including phenoxy) is 1. The summed E-state index contributed by atoms with van der Waals surface area (Å²) in [4.78, 5) is 12.5. The first-order chi connectivity index (χ1) is 14.8. The fourth-order valence-electron chi connectivity index (χ4n) is 3.40. The lowest BCUT2D eigenvalue weighted by atomic mass is 10.0. The number of pyridine rings is 1. The van der Waals surface area contributed by atoms with E-state index in [9.17, 15) is 0 Å². The van der Waals surface area contributed by atoms with E-state index >= 15 is 0 Å². The molecule has 0 bridgehead atoms. The van der Waals surface area contributed by atoms with E-state index in [2.05, 4.69) is 25.4 Å². The summed E-state index contributed by atoms with van der Waals surface area (Å²) in [5.41, 5.74) is 10.1. The van der Waals surface area contributed by atoms with Crippen LogP contribution in [-0.2, 0) is 0 Å². The Bertz CT molecular complexity index is 1170. The summed E-state index contributed by atoms with van der Waals surface area (Å²) in [5, 5.41) is 16.5. The Morgan fingerprint density at radius 2 is 2.03 bits per heavy atom. The molecule has 9 heteroatoms. The van der Waals surface area contributed by atoms with Crippen molar-refractivity contribution in [1.29, 1.82) is 5.41 Å². The molecule has 0 spiro atoms. The lowest BCUT2D eigenvalue weighted by Crippen LogP contribution is -2.31.